The molecule has 1 saturated heterocycles. The highest BCUT2D eigenvalue weighted by Crippen LogP contribution is 2.30. The van der Waals surface area contributed by atoms with Crippen LogP contribution in [-0.2, 0) is 11.2 Å². The summed E-state index contributed by atoms with van der Waals surface area (Å²) in [6.45, 7) is 3.63. The number of carbonyl (C=O) groups excluding carboxylic acids is 1. The maximum absolute atomic E-state index is 12.7. The highest BCUT2D eigenvalue weighted by Gasteiger charge is 2.24. The fourth-order valence-electron chi connectivity index (χ4n) is 3.77. The molecule has 1 amide bonds. The van der Waals surface area contributed by atoms with Crippen molar-refractivity contribution in [3.05, 3.63) is 70.7 Å². The number of aromatic nitrogens is 1. The molecule has 0 aliphatic carbocycles. The quantitative estimate of drug-likeness (QED) is 0.696. The molecule has 144 valence electrons. The van der Waals surface area contributed by atoms with Gasteiger partial charge in [-0.25, -0.2) is 4.98 Å². The molecule has 1 fully saturated rings. The molecule has 0 radical (unpaired) electrons. The van der Waals surface area contributed by atoms with Crippen molar-refractivity contribution < 1.29 is 9.90 Å². The lowest BCUT2D eigenvalue weighted by molar-refractivity contribution is -0.131. The van der Waals surface area contributed by atoms with Crippen molar-refractivity contribution in [2.75, 3.05) is 13.1 Å². The van der Waals surface area contributed by atoms with E-state index in [2.05, 4.69) is 30.1 Å². The second kappa shape index (κ2) is 8.15. The SMILES string of the molecule is Cc1cccc(-c2nc(CC(=O)N3CCC(c4ccc(O)cc4)CC3)cs2)c1. The maximum atomic E-state index is 12.7. The number of thiazole rings is 1. The van der Waals surface area contributed by atoms with Crippen LogP contribution in [0.4, 0.5) is 0 Å². The van der Waals surface area contributed by atoms with E-state index >= 15 is 0 Å². The Morgan fingerprint density at radius 1 is 1.18 bits per heavy atom. The van der Waals surface area contributed by atoms with Crippen molar-refractivity contribution in [1.29, 1.82) is 0 Å². The van der Waals surface area contributed by atoms with Gasteiger partial charge in [-0.15, -0.1) is 11.3 Å². The van der Waals surface area contributed by atoms with Gasteiger partial charge in [-0.1, -0.05) is 35.9 Å². The van der Waals surface area contributed by atoms with Crippen molar-refractivity contribution in [3.63, 3.8) is 0 Å². The van der Waals surface area contributed by atoms with E-state index < -0.39 is 0 Å². The molecule has 28 heavy (non-hydrogen) atoms. The summed E-state index contributed by atoms with van der Waals surface area (Å²) in [6.07, 6.45) is 2.29. The summed E-state index contributed by atoms with van der Waals surface area (Å²) in [5.41, 5.74) is 4.42. The molecule has 0 saturated carbocycles. The fourth-order valence-corrected chi connectivity index (χ4v) is 4.59. The zero-order valence-corrected chi connectivity index (χ0v) is 16.8. The molecule has 0 atom stereocenters. The molecule has 1 aliphatic rings. The summed E-state index contributed by atoms with van der Waals surface area (Å²) < 4.78 is 0. The molecule has 0 unspecified atom stereocenters. The molecular weight excluding hydrogens is 368 g/mol. The summed E-state index contributed by atoms with van der Waals surface area (Å²) in [4.78, 5) is 19.3. The zero-order valence-electron chi connectivity index (χ0n) is 16.0. The molecular formula is C23H24N2O2S. The number of benzene rings is 2. The predicted molar refractivity (Wildman–Crippen MR) is 113 cm³/mol. The van der Waals surface area contributed by atoms with Crippen LogP contribution in [0, 0.1) is 6.92 Å². The van der Waals surface area contributed by atoms with Crippen LogP contribution in [0.15, 0.2) is 53.9 Å². The second-order valence-corrected chi connectivity index (χ2v) is 8.29. The summed E-state index contributed by atoms with van der Waals surface area (Å²) in [7, 11) is 0. The molecule has 3 aromatic rings. The average molecular weight is 393 g/mol. The first kappa shape index (κ1) is 18.7. The molecule has 2 aromatic carbocycles. The number of piperidine rings is 1. The number of hydrogen-bond acceptors (Lipinski definition) is 4. The Hall–Kier alpha value is -2.66. The number of amides is 1. The van der Waals surface area contributed by atoms with Crippen LogP contribution >= 0.6 is 11.3 Å². The van der Waals surface area contributed by atoms with E-state index in [4.69, 9.17) is 0 Å². The van der Waals surface area contributed by atoms with Crippen molar-refractivity contribution >= 4 is 17.2 Å². The lowest BCUT2D eigenvalue weighted by Gasteiger charge is -2.32. The van der Waals surface area contributed by atoms with E-state index in [1.54, 1.807) is 23.5 Å². The molecule has 1 aromatic heterocycles. The highest BCUT2D eigenvalue weighted by molar-refractivity contribution is 7.13. The Morgan fingerprint density at radius 3 is 2.64 bits per heavy atom. The number of phenolic OH excluding ortho intramolecular Hbond substituents is 1. The van der Waals surface area contributed by atoms with Gasteiger partial charge in [0.15, 0.2) is 0 Å². The Bertz CT molecular complexity index is 957. The van der Waals surface area contributed by atoms with Gasteiger partial charge in [-0.05, 0) is 49.4 Å². The largest absolute Gasteiger partial charge is 0.508 e. The summed E-state index contributed by atoms with van der Waals surface area (Å²) in [5.74, 6) is 0.909. The van der Waals surface area contributed by atoms with Crippen molar-refractivity contribution in [2.24, 2.45) is 0 Å². The topological polar surface area (TPSA) is 53.4 Å². The standard InChI is InChI=1S/C23H24N2O2S/c1-16-3-2-4-19(13-16)23-24-20(15-28-23)14-22(27)25-11-9-18(10-12-25)17-5-7-21(26)8-6-17/h2-8,13,15,18,26H,9-12,14H2,1H3. The zero-order chi connectivity index (χ0) is 19.5. The fraction of sp³-hybridized carbons (Fsp3) is 0.304. The molecule has 2 heterocycles. The van der Waals surface area contributed by atoms with Gasteiger partial charge in [-0.2, -0.15) is 0 Å². The minimum absolute atomic E-state index is 0.158. The van der Waals surface area contributed by atoms with E-state index in [1.807, 2.05) is 28.5 Å². The van der Waals surface area contributed by atoms with Crippen LogP contribution in [0.1, 0.15) is 35.6 Å². The highest BCUT2D eigenvalue weighted by atomic mass is 32.1. The van der Waals surface area contributed by atoms with Crippen LogP contribution in [-0.4, -0.2) is 34.0 Å². The van der Waals surface area contributed by atoms with E-state index in [-0.39, 0.29) is 5.91 Å². The van der Waals surface area contributed by atoms with Crippen LogP contribution in [0.25, 0.3) is 10.6 Å². The number of aromatic hydroxyl groups is 1. The summed E-state index contributed by atoms with van der Waals surface area (Å²) >= 11 is 1.60. The molecule has 0 spiro atoms. The smallest absolute Gasteiger partial charge is 0.228 e. The molecule has 1 aliphatic heterocycles. The third-order valence-corrected chi connectivity index (χ3v) is 6.30. The average Bonchev–Trinajstić information content (AvgIpc) is 3.17. The maximum Gasteiger partial charge on any atom is 0.228 e. The lowest BCUT2D eigenvalue weighted by atomic mass is 9.89. The van der Waals surface area contributed by atoms with Gasteiger partial charge >= 0.3 is 0 Å². The molecule has 4 nitrogen and oxygen atoms in total. The molecule has 4 rings (SSSR count). The lowest BCUT2D eigenvalue weighted by Crippen LogP contribution is -2.38. The van der Waals surface area contributed by atoms with Crippen LogP contribution < -0.4 is 0 Å². The Kier molecular flexibility index (Phi) is 5.44. The predicted octanol–water partition coefficient (Wildman–Crippen LogP) is 4.77. The van der Waals surface area contributed by atoms with Gasteiger partial charge in [0.2, 0.25) is 5.91 Å². The van der Waals surface area contributed by atoms with E-state index in [1.165, 1.54) is 11.1 Å². The van der Waals surface area contributed by atoms with E-state index in [0.29, 0.717) is 18.1 Å². The number of aryl methyl sites for hydroxylation is 1. The summed E-state index contributed by atoms with van der Waals surface area (Å²) in [5, 5.41) is 12.4. The monoisotopic (exact) mass is 392 g/mol. The van der Waals surface area contributed by atoms with Gasteiger partial charge in [0.25, 0.3) is 0 Å². The normalized spacial score (nSPS) is 15.0. The minimum Gasteiger partial charge on any atom is -0.508 e. The van der Waals surface area contributed by atoms with Gasteiger partial charge in [0.1, 0.15) is 10.8 Å². The van der Waals surface area contributed by atoms with Crippen LogP contribution in [0.2, 0.25) is 0 Å². The number of carbonyl (C=O) groups is 1. The molecule has 0 bridgehead atoms. The Morgan fingerprint density at radius 2 is 1.93 bits per heavy atom. The minimum atomic E-state index is 0.158. The van der Waals surface area contributed by atoms with Crippen molar-refractivity contribution in [3.8, 4) is 16.3 Å². The van der Waals surface area contributed by atoms with Gasteiger partial charge < -0.3 is 10.0 Å². The van der Waals surface area contributed by atoms with E-state index in [9.17, 15) is 9.90 Å². The van der Waals surface area contributed by atoms with Crippen LogP contribution in [0.3, 0.4) is 0 Å². The van der Waals surface area contributed by atoms with Gasteiger partial charge in [0.05, 0.1) is 12.1 Å². The Balaban J connectivity index is 1.34. The number of likely N-dealkylation sites (tertiary alicyclic amines) is 1. The second-order valence-electron chi connectivity index (χ2n) is 7.44. The first-order chi connectivity index (χ1) is 13.6. The van der Waals surface area contributed by atoms with E-state index in [0.717, 1.165) is 42.2 Å². The van der Waals surface area contributed by atoms with Crippen molar-refractivity contribution in [2.45, 2.75) is 32.1 Å². The third kappa shape index (κ3) is 4.25. The van der Waals surface area contributed by atoms with Crippen molar-refractivity contribution in [1.82, 2.24) is 9.88 Å². The first-order valence-corrected chi connectivity index (χ1v) is 10.5. The number of hydrogen-bond donors (Lipinski definition) is 1. The third-order valence-electron chi connectivity index (χ3n) is 5.36. The number of phenols is 1. The Labute approximate surface area is 169 Å². The number of rotatable bonds is 4. The van der Waals surface area contributed by atoms with Gasteiger partial charge in [-0.3, -0.25) is 4.79 Å². The summed E-state index contributed by atoms with van der Waals surface area (Å²) in [6, 6.07) is 15.7. The van der Waals surface area contributed by atoms with Crippen LogP contribution in [0.5, 0.6) is 5.75 Å². The number of nitrogens with zero attached hydrogens (tertiary/aromatic N) is 2. The molecule has 5 heteroatoms. The first-order valence-electron chi connectivity index (χ1n) is 9.66. The van der Waals surface area contributed by atoms with Gasteiger partial charge in [0, 0.05) is 24.0 Å². The molecule has 1 N–H and O–H groups in total.